The van der Waals surface area contributed by atoms with Crippen LogP contribution in [-0.4, -0.2) is 172 Å². The van der Waals surface area contributed by atoms with Crippen LogP contribution in [0.4, 0.5) is 0 Å². The number of likely N-dealkylation sites (N-methyl/N-ethyl adjacent to an activating group) is 1. The number of nitrogens with zero attached hydrogens (tertiary/aromatic N) is 1. The molecule has 61 heavy (non-hydrogen) atoms. The average Bonchev–Trinajstić information content (AvgIpc) is 3.17. The molecule has 5 unspecified atom stereocenters. The summed E-state index contributed by atoms with van der Waals surface area (Å²) in [7, 11) is 7.52. The lowest BCUT2D eigenvalue weighted by Crippen LogP contribution is -2.66. The lowest BCUT2D eigenvalue weighted by Gasteiger charge is -2.51. The molecule has 0 bridgehead atoms. The summed E-state index contributed by atoms with van der Waals surface area (Å²) in [6.07, 6.45) is -13.7. The zero-order valence-corrected chi connectivity index (χ0v) is 37.8. The van der Waals surface area contributed by atoms with Gasteiger partial charge in [-0.1, -0.05) is 20.8 Å². The minimum atomic E-state index is -1.55. The van der Waals surface area contributed by atoms with Gasteiger partial charge in [-0.15, -0.1) is 0 Å². The number of aliphatic hydroxyl groups is 1. The molecule has 0 saturated carbocycles. The number of rotatable bonds is 25. The molecule has 2 rings (SSSR count). The third-order valence-electron chi connectivity index (χ3n) is 10.9. The summed E-state index contributed by atoms with van der Waals surface area (Å²) in [6.45, 7) is 12.1. The predicted molar refractivity (Wildman–Crippen MR) is 211 cm³/mol. The second-order valence-electron chi connectivity index (χ2n) is 16.0. The number of carbonyl (C=O) groups excluding carboxylic acids is 5. The lowest BCUT2D eigenvalue weighted by molar-refractivity contribution is -0.345. The third-order valence-corrected chi connectivity index (χ3v) is 10.9. The van der Waals surface area contributed by atoms with Gasteiger partial charge in [0.15, 0.2) is 43.5 Å². The van der Waals surface area contributed by atoms with Gasteiger partial charge in [-0.3, -0.25) is 28.8 Å². The summed E-state index contributed by atoms with van der Waals surface area (Å²) in [5.41, 5.74) is -1.55. The third kappa shape index (κ3) is 15.8. The Morgan fingerprint density at radius 2 is 1.48 bits per heavy atom. The summed E-state index contributed by atoms with van der Waals surface area (Å²) in [4.78, 5) is 76.0. The van der Waals surface area contributed by atoms with Crippen LogP contribution in [0, 0.1) is 11.8 Å². The SMILES string of the molecule is CCC(=O)O[C@@H]1C(C)O[C@@H](O[C@@H]2C(C)O[C@@H](O[C@@H]([C@@H](CC(OC)OC)C[C@@H](C)[C@H](C=O)OC(C)=O)[C@@H](OC)[C@@H](CC(=O)O)OC(=O)CC)C(OC(C)=O)C2N(C)C)CC1(C)O. The highest BCUT2D eigenvalue weighted by Gasteiger charge is 2.54. The van der Waals surface area contributed by atoms with E-state index >= 15 is 0 Å². The fraction of sp³-hybridized carbons (Fsp3) is 0.854. The molecular weight excluding hydrogens is 810 g/mol. The van der Waals surface area contributed by atoms with Crippen LogP contribution >= 0.6 is 0 Å². The number of esters is 4. The van der Waals surface area contributed by atoms with E-state index in [9.17, 15) is 39.0 Å². The Morgan fingerprint density at radius 3 is 1.95 bits per heavy atom. The van der Waals surface area contributed by atoms with E-state index in [1.165, 1.54) is 42.1 Å². The minimum Gasteiger partial charge on any atom is -0.481 e. The van der Waals surface area contributed by atoms with Crippen LogP contribution in [0.5, 0.6) is 0 Å². The van der Waals surface area contributed by atoms with Crippen molar-refractivity contribution in [3.05, 3.63) is 0 Å². The molecular formula is C41H69NO19. The topological polar surface area (TPSA) is 248 Å². The second-order valence-corrected chi connectivity index (χ2v) is 16.0. The van der Waals surface area contributed by atoms with Crippen LogP contribution in [0.25, 0.3) is 0 Å². The standard InChI is InChI=1S/C41H69NO19/c1-14-30(48)58-27(18-29(46)47)37(53-13)36(26(17-32(51-11)52-12)16-21(3)28(20-43)56-24(6)44)61-40-38(57-25(7)45)34(42(9)10)35(22(4)55-40)60-33-19-41(8,50)39(23(5)54-33)59-31(49)15-2/h20-23,26-28,32-40,50H,14-19H2,1-13H3,(H,46,47)/t21-,22?,23?,26-,27-,28+,33+,34?,35-,36+,37+,38?,39-,40+,41?/m1/s1. The minimum absolute atomic E-state index is 0.0179. The van der Waals surface area contributed by atoms with Crippen molar-refractivity contribution in [1.82, 2.24) is 4.90 Å². The first-order chi connectivity index (χ1) is 28.6. The van der Waals surface area contributed by atoms with Gasteiger partial charge < -0.3 is 67.2 Å². The Morgan fingerprint density at radius 1 is 0.852 bits per heavy atom. The van der Waals surface area contributed by atoms with Crippen molar-refractivity contribution < 1.29 is 91.1 Å². The van der Waals surface area contributed by atoms with Gasteiger partial charge >= 0.3 is 29.8 Å². The van der Waals surface area contributed by atoms with E-state index in [0.29, 0.717) is 6.29 Å². The van der Waals surface area contributed by atoms with E-state index in [-0.39, 0.29) is 32.1 Å². The highest BCUT2D eigenvalue weighted by molar-refractivity contribution is 5.71. The number of carbonyl (C=O) groups is 6. The zero-order valence-electron chi connectivity index (χ0n) is 37.8. The lowest BCUT2D eigenvalue weighted by atomic mass is 9.82. The predicted octanol–water partition coefficient (Wildman–Crippen LogP) is 2.16. The van der Waals surface area contributed by atoms with Crippen LogP contribution in [0.2, 0.25) is 0 Å². The molecule has 0 aromatic rings. The van der Waals surface area contributed by atoms with Crippen LogP contribution < -0.4 is 0 Å². The number of aldehydes is 1. The molecule has 0 spiro atoms. The molecule has 2 fully saturated rings. The molecule has 15 atom stereocenters. The highest BCUT2D eigenvalue weighted by atomic mass is 16.7. The molecule has 20 heteroatoms. The Hall–Kier alpha value is -3.34. The first kappa shape index (κ1) is 53.8. The molecule has 2 heterocycles. The largest absolute Gasteiger partial charge is 0.481 e. The van der Waals surface area contributed by atoms with Gasteiger partial charge in [0, 0.05) is 66.8 Å². The number of ether oxygens (including phenoxy) is 11. The van der Waals surface area contributed by atoms with Gasteiger partial charge in [0.05, 0.1) is 30.8 Å². The van der Waals surface area contributed by atoms with Gasteiger partial charge in [0.1, 0.15) is 23.9 Å². The van der Waals surface area contributed by atoms with Gasteiger partial charge in [0.2, 0.25) is 0 Å². The van der Waals surface area contributed by atoms with Crippen molar-refractivity contribution in [2.75, 3.05) is 35.4 Å². The van der Waals surface area contributed by atoms with E-state index in [1.54, 1.807) is 46.7 Å². The Balaban J connectivity index is 2.77. The van der Waals surface area contributed by atoms with Crippen LogP contribution in [-0.2, 0) is 80.9 Å². The van der Waals surface area contributed by atoms with Gasteiger partial charge in [-0.05, 0) is 47.2 Å². The molecule has 0 amide bonds. The number of methoxy groups -OCH3 is 3. The Kier molecular flexibility index (Phi) is 22.1. The van der Waals surface area contributed by atoms with Gasteiger partial charge in [-0.2, -0.15) is 0 Å². The van der Waals surface area contributed by atoms with E-state index < -0.39 is 134 Å². The molecule has 0 aliphatic carbocycles. The summed E-state index contributed by atoms with van der Waals surface area (Å²) in [5.74, 6) is -5.45. The summed E-state index contributed by atoms with van der Waals surface area (Å²) in [6, 6.07) is -0.835. The molecule has 2 aliphatic rings. The molecule has 2 N–H and O–H groups in total. The summed E-state index contributed by atoms with van der Waals surface area (Å²) >= 11 is 0. The summed E-state index contributed by atoms with van der Waals surface area (Å²) < 4.78 is 65.6. The maximum Gasteiger partial charge on any atom is 0.307 e. The van der Waals surface area contributed by atoms with Crippen LogP contribution in [0.1, 0.15) is 93.9 Å². The number of carboxylic acids is 1. The monoisotopic (exact) mass is 879 g/mol. The van der Waals surface area contributed by atoms with Gasteiger partial charge in [0.25, 0.3) is 0 Å². The Bertz CT molecular complexity index is 1420. The van der Waals surface area contributed by atoms with E-state index in [2.05, 4.69) is 0 Å². The van der Waals surface area contributed by atoms with Crippen molar-refractivity contribution >= 4 is 36.1 Å². The van der Waals surface area contributed by atoms with Gasteiger partial charge in [-0.25, -0.2) is 0 Å². The number of hydrogen-bond acceptors (Lipinski definition) is 19. The number of aliphatic carboxylic acids is 1. The molecule has 0 radical (unpaired) electrons. The quantitative estimate of drug-likeness (QED) is 0.0577. The maximum absolute atomic E-state index is 12.9. The molecule has 352 valence electrons. The average molecular weight is 880 g/mol. The molecule has 2 aliphatic heterocycles. The van der Waals surface area contributed by atoms with Crippen molar-refractivity contribution in [3.8, 4) is 0 Å². The fourth-order valence-corrected chi connectivity index (χ4v) is 7.96. The summed E-state index contributed by atoms with van der Waals surface area (Å²) in [5, 5.41) is 21.4. The normalized spacial score (nSPS) is 29.7. The maximum atomic E-state index is 12.9. The number of carboxylic acid groups (broad SMARTS) is 1. The van der Waals surface area contributed by atoms with E-state index in [1.807, 2.05) is 0 Å². The van der Waals surface area contributed by atoms with Crippen LogP contribution in [0.15, 0.2) is 0 Å². The second kappa shape index (κ2) is 25.1. The van der Waals surface area contributed by atoms with Crippen molar-refractivity contribution in [3.63, 3.8) is 0 Å². The number of hydrogen-bond donors (Lipinski definition) is 2. The molecule has 0 aromatic heterocycles. The van der Waals surface area contributed by atoms with E-state index in [0.717, 1.165) is 6.92 Å². The van der Waals surface area contributed by atoms with Crippen molar-refractivity contribution in [1.29, 1.82) is 0 Å². The molecule has 2 saturated heterocycles. The Labute approximate surface area is 358 Å². The van der Waals surface area contributed by atoms with Crippen molar-refractivity contribution in [2.45, 2.75) is 179 Å². The molecule has 20 nitrogen and oxygen atoms in total. The first-order valence-electron chi connectivity index (χ1n) is 20.6. The highest BCUT2D eigenvalue weighted by Crippen LogP contribution is 2.39. The smallest absolute Gasteiger partial charge is 0.307 e. The van der Waals surface area contributed by atoms with Crippen LogP contribution in [0.3, 0.4) is 0 Å². The molecule has 0 aromatic carbocycles. The first-order valence-corrected chi connectivity index (χ1v) is 20.6. The fourth-order valence-electron chi connectivity index (χ4n) is 7.96. The van der Waals surface area contributed by atoms with E-state index in [4.69, 9.17) is 52.1 Å². The zero-order chi connectivity index (χ0) is 46.4. The van der Waals surface area contributed by atoms with Crippen molar-refractivity contribution in [2.24, 2.45) is 11.8 Å².